The van der Waals surface area contributed by atoms with Gasteiger partial charge in [0.25, 0.3) is 0 Å². The van der Waals surface area contributed by atoms with Gasteiger partial charge in [-0.2, -0.15) is 5.10 Å². The minimum atomic E-state index is -0.203. The number of pyridine rings is 1. The Morgan fingerprint density at radius 1 is 1.36 bits per heavy atom. The molecule has 2 fully saturated rings. The highest BCUT2D eigenvalue weighted by molar-refractivity contribution is 5.61. The third kappa shape index (κ3) is 2.99. The second-order valence-corrected chi connectivity index (χ2v) is 7.22. The van der Waals surface area contributed by atoms with Crippen molar-refractivity contribution < 1.29 is 9.84 Å². The molecule has 0 amide bonds. The third-order valence-electron chi connectivity index (χ3n) is 5.96. The first-order valence-electron chi connectivity index (χ1n) is 9.17. The van der Waals surface area contributed by atoms with Gasteiger partial charge in [0.2, 0.25) is 0 Å². The van der Waals surface area contributed by atoms with Gasteiger partial charge in [-0.1, -0.05) is 0 Å². The number of aromatic nitrogens is 3. The van der Waals surface area contributed by atoms with Crippen molar-refractivity contribution in [1.29, 1.82) is 0 Å². The van der Waals surface area contributed by atoms with Crippen LogP contribution >= 0.6 is 0 Å². The molecule has 2 aromatic heterocycles. The summed E-state index contributed by atoms with van der Waals surface area (Å²) in [6.45, 7) is 5.60. The van der Waals surface area contributed by atoms with Crippen LogP contribution in [-0.2, 0) is 11.3 Å². The molecule has 134 valence electrons. The van der Waals surface area contributed by atoms with Crippen molar-refractivity contribution in [3.63, 3.8) is 0 Å². The van der Waals surface area contributed by atoms with Crippen LogP contribution in [0.3, 0.4) is 0 Å². The molecule has 6 nitrogen and oxygen atoms in total. The smallest absolute Gasteiger partial charge is 0.0710 e. The average molecular weight is 342 g/mol. The van der Waals surface area contributed by atoms with E-state index in [1.54, 1.807) is 6.20 Å². The Morgan fingerprint density at radius 3 is 2.88 bits per heavy atom. The van der Waals surface area contributed by atoms with Crippen LogP contribution in [-0.4, -0.2) is 57.1 Å². The molecule has 2 aliphatic rings. The highest BCUT2D eigenvalue weighted by atomic mass is 16.5. The molecule has 0 radical (unpaired) electrons. The fraction of sp³-hybridized carbons (Fsp3) is 0.579. The first-order chi connectivity index (χ1) is 12.2. The van der Waals surface area contributed by atoms with Crippen LogP contribution in [0.1, 0.15) is 31.7 Å². The van der Waals surface area contributed by atoms with E-state index in [9.17, 15) is 5.11 Å². The number of rotatable bonds is 5. The Kier molecular flexibility index (Phi) is 4.58. The number of likely N-dealkylation sites (tertiary alicyclic amines) is 1. The molecule has 2 N–H and O–H groups in total. The van der Waals surface area contributed by atoms with Gasteiger partial charge < -0.3 is 9.84 Å². The minimum Gasteiger partial charge on any atom is -0.392 e. The first kappa shape index (κ1) is 16.7. The van der Waals surface area contributed by atoms with Crippen LogP contribution in [0.4, 0.5) is 0 Å². The van der Waals surface area contributed by atoms with E-state index in [4.69, 9.17) is 4.74 Å². The number of aliphatic hydroxyl groups is 1. The summed E-state index contributed by atoms with van der Waals surface area (Å²) < 4.78 is 5.86. The Labute approximate surface area is 148 Å². The van der Waals surface area contributed by atoms with Gasteiger partial charge in [0, 0.05) is 48.5 Å². The van der Waals surface area contributed by atoms with E-state index in [1.165, 1.54) is 5.56 Å². The van der Waals surface area contributed by atoms with E-state index < -0.39 is 0 Å². The summed E-state index contributed by atoms with van der Waals surface area (Å²) in [4.78, 5) is 6.65. The number of ether oxygens (including phenoxy) is 1. The first-order valence-corrected chi connectivity index (χ1v) is 9.17. The molecule has 1 aliphatic heterocycles. The van der Waals surface area contributed by atoms with Gasteiger partial charge in [0.1, 0.15) is 0 Å². The number of hydrogen-bond acceptors (Lipinski definition) is 5. The Bertz CT molecular complexity index is 692. The zero-order valence-electron chi connectivity index (χ0n) is 14.7. The molecular weight excluding hydrogens is 316 g/mol. The van der Waals surface area contributed by atoms with Crippen LogP contribution in [0.25, 0.3) is 11.3 Å². The van der Waals surface area contributed by atoms with Gasteiger partial charge in [-0.3, -0.25) is 15.0 Å². The largest absolute Gasteiger partial charge is 0.392 e. The lowest BCUT2D eigenvalue weighted by Crippen LogP contribution is -2.62. The number of nitrogens with one attached hydrogen (secondary N) is 1. The van der Waals surface area contributed by atoms with Gasteiger partial charge in [-0.15, -0.1) is 0 Å². The fourth-order valence-electron chi connectivity index (χ4n) is 4.38. The van der Waals surface area contributed by atoms with Crippen molar-refractivity contribution in [3.8, 4) is 11.3 Å². The molecule has 6 heteroatoms. The second-order valence-electron chi connectivity index (χ2n) is 7.22. The molecule has 4 rings (SSSR count). The molecule has 2 unspecified atom stereocenters. The third-order valence-corrected chi connectivity index (χ3v) is 5.96. The predicted molar refractivity (Wildman–Crippen MR) is 94.8 cm³/mol. The van der Waals surface area contributed by atoms with Crippen molar-refractivity contribution in [1.82, 2.24) is 20.1 Å². The highest BCUT2D eigenvalue weighted by Crippen LogP contribution is 2.51. The van der Waals surface area contributed by atoms with Crippen LogP contribution < -0.4 is 0 Å². The van der Waals surface area contributed by atoms with E-state index >= 15 is 0 Å². The zero-order valence-corrected chi connectivity index (χ0v) is 14.7. The average Bonchev–Trinajstić information content (AvgIpc) is 3.11. The SMILES string of the molecule is CCOC1CC(O)C12CCN(Cc1cn[nH]c1-c1cccnc1)CC2. The van der Waals surface area contributed by atoms with Crippen molar-refractivity contribution in [2.24, 2.45) is 5.41 Å². The Balaban J connectivity index is 1.41. The molecule has 0 aromatic carbocycles. The quantitative estimate of drug-likeness (QED) is 0.871. The minimum absolute atomic E-state index is 0.0188. The number of nitrogens with zero attached hydrogens (tertiary/aromatic N) is 3. The molecule has 25 heavy (non-hydrogen) atoms. The molecular formula is C19H26N4O2. The summed E-state index contributed by atoms with van der Waals surface area (Å²) in [6, 6.07) is 3.99. The number of aromatic amines is 1. The number of aliphatic hydroxyl groups excluding tert-OH is 1. The predicted octanol–water partition coefficient (Wildman–Crippen LogP) is 2.22. The lowest BCUT2D eigenvalue weighted by atomic mass is 9.58. The maximum absolute atomic E-state index is 10.3. The van der Waals surface area contributed by atoms with Gasteiger partial charge in [-0.05, 0) is 45.0 Å². The molecule has 2 aromatic rings. The monoisotopic (exact) mass is 342 g/mol. The number of piperidine rings is 1. The Hall–Kier alpha value is -1.76. The van der Waals surface area contributed by atoms with E-state index in [1.807, 2.05) is 31.5 Å². The van der Waals surface area contributed by atoms with Crippen molar-refractivity contribution in [2.45, 2.75) is 44.9 Å². The normalized spacial score (nSPS) is 25.8. The van der Waals surface area contributed by atoms with E-state index in [0.717, 1.165) is 56.8 Å². The second kappa shape index (κ2) is 6.86. The summed E-state index contributed by atoms with van der Waals surface area (Å²) in [7, 11) is 0. The van der Waals surface area contributed by atoms with Crippen molar-refractivity contribution in [2.75, 3.05) is 19.7 Å². The Morgan fingerprint density at radius 2 is 2.20 bits per heavy atom. The van der Waals surface area contributed by atoms with E-state index in [2.05, 4.69) is 20.1 Å². The summed E-state index contributed by atoms with van der Waals surface area (Å²) in [5.41, 5.74) is 3.28. The van der Waals surface area contributed by atoms with Crippen LogP contribution in [0, 0.1) is 5.41 Å². The summed E-state index contributed by atoms with van der Waals surface area (Å²) in [5.74, 6) is 0. The number of H-pyrrole nitrogens is 1. The molecule has 1 aliphatic carbocycles. The highest BCUT2D eigenvalue weighted by Gasteiger charge is 2.55. The van der Waals surface area contributed by atoms with Gasteiger partial charge in [-0.25, -0.2) is 0 Å². The summed E-state index contributed by atoms with van der Waals surface area (Å²) in [6.07, 6.45) is 8.37. The van der Waals surface area contributed by atoms with Gasteiger partial charge in [0.15, 0.2) is 0 Å². The molecule has 1 saturated carbocycles. The molecule has 1 saturated heterocycles. The zero-order chi connectivity index (χ0) is 17.3. The summed E-state index contributed by atoms with van der Waals surface area (Å²) >= 11 is 0. The van der Waals surface area contributed by atoms with Crippen LogP contribution in [0.5, 0.6) is 0 Å². The van der Waals surface area contributed by atoms with Crippen molar-refractivity contribution >= 4 is 0 Å². The summed E-state index contributed by atoms with van der Waals surface area (Å²) in [5, 5.41) is 17.7. The molecule has 0 bridgehead atoms. The molecule has 2 atom stereocenters. The maximum atomic E-state index is 10.3. The maximum Gasteiger partial charge on any atom is 0.0710 e. The van der Waals surface area contributed by atoms with Crippen LogP contribution in [0.15, 0.2) is 30.7 Å². The lowest BCUT2D eigenvalue weighted by molar-refractivity contribution is -0.209. The van der Waals surface area contributed by atoms with Gasteiger partial charge >= 0.3 is 0 Å². The molecule has 3 heterocycles. The topological polar surface area (TPSA) is 74.3 Å². The fourth-order valence-corrected chi connectivity index (χ4v) is 4.38. The molecule has 1 spiro atoms. The number of hydrogen-bond donors (Lipinski definition) is 2. The van der Waals surface area contributed by atoms with Crippen LogP contribution in [0.2, 0.25) is 0 Å². The van der Waals surface area contributed by atoms with Crippen molar-refractivity contribution in [3.05, 3.63) is 36.3 Å². The standard InChI is InChI=1S/C19H26N4O2/c1-2-25-17-10-16(24)19(17)5-8-23(9-6-19)13-15-12-21-22-18(15)14-4-3-7-20-11-14/h3-4,7,11-12,16-17,24H,2,5-6,8-10,13H2,1H3,(H,21,22). The lowest BCUT2D eigenvalue weighted by Gasteiger charge is -2.56. The van der Waals surface area contributed by atoms with E-state index in [-0.39, 0.29) is 17.6 Å². The van der Waals surface area contributed by atoms with E-state index in [0.29, 0.717) is 0 Å². The van der Waals surface area contributed by atoms with Gasteiger partial charge in [0.05, 0.1) is 24.1 Å².